The molecular formula is C54H50N4O. The van der Waals surface area contributed by atoms with Gasteiger partial charge in [-0.15, -0.1) is 0 Å². The normalized spacial score (nSPS) is 12.3. The molecule has 0 aliphatic heterocycles. The van der Waals surface area contributed by atoms with Gasteiger partial charge < -0.3 is 4.74 Å². The van der Waals surface area contributed by atoms with Gasteiger partial charge in [0.25, 0.3) is 6.33 Å². The summed E-state index contributed by atoms with van der Waals surface area (Å²) in [5.41, 5.74) is 9.81. The highest BCUT2D eigenvalue weighted by molar-refractivity contribution is 6.11. The van der Waals surface area contributed by atoms with Crippen LogP contribution < -0.4 is 9.30 Å². The lowest BCUT2D eigenvalue weighted by Gasteiger charge is -2.28. The lowest BCUT2D eigenvalue weighted by atomic mass is 9.76. The van der Waals surface area contributed by atoms with E-state index in [0.717, 1.165) is 39.7 Å². The van der Waals surface area contributed by atoms with Crippen molar-refractivity contribution in [1.29, 1.82) is 0 Å². The number of pyridine rings is 1. The van der Waals surface area contributed by atoms with Crippen molar-refractivity contribution in [2.24, 2.45) is 0 Å². The van der Waals surface area contributed by atoms with Crippen molar-refractivity contribution in [3.63, 3.8) is 0 Å². The summed E-state index contributed by atoms with van der Waals surface area (Å²) in [5.74, 6) is 2.38. The molecule has 3 aromatic heterocycles. The molecule has 59 heavy (non-hydrogen) atoms. The van der Waals surface area contributed by atoms with Gasteiger partial charge in [-0.2, -0.15) is 0 Å². The molecule has 0 saturated carbocycles. The summed E-state index contributed by atoms with van der Waals surface area (Å²) in [6, 6.07) is 55.8. The van der Waals surface area contributed by atoms with Gasteiger partial charge in [-0.1, -0.05) is 146 Å². The van der Waals surface area contributed by atoms with Crippen LogP contribution >= 0.6 is 0 Å². The van der Waals surface area contributed by atoms with Crippen molar-refractivity contribution in [3.8, 4) is 28.7 Å². The number of fused-ring (bicyclic) bond motifs is 3. The minimum absolute atomic E-state index is 0.0318. The van der Waals surface area contributed by atoms with Crippen molar-refractivity contribution < 1.29 is 9.30 Å². The van der Waals surface area contributed by atoms with Crippen molar-refractivity contribution in [2.45, 2.75) is 64.7 Å². The van der Waals surface area contributed by atoms with Gasteiger partial charge in [0.2, 0.25) is 0 Å². The standard InChI is InChI=1S/C54H50N4O/c1-52(2,3)40-28-29-55-50(33-40)58-48-27-15-14-26-46(48)51-47(54(6,7)39-20-12-9-13-21-39)35-45(36-49(51)58)59-44-25-17-24-43(34-44)57-31-30-56(37-57)42-23-16-22-41(32-42)53(4,5)38-18-10-8-11-19-38/h8-36H,1-7H3. The Bertz CT molecular complexity index is 2950. The van der Waals surface area contributed by atoms with Gasteiger partial charge in [0.1, 0.15) is 17.3 Å². The van der Waals surface area contributed by atoms with Crippen LogP contribution in [0, 0.1) is 6.33 Å². The smallest absolute Gasteiger partial charge is 0.268 e. The Balaban J connectivity index is 1.13. The molecule has 0 bridgehead atoms. The van der Waals surface area contributed by atoms with Crippen LogP contribution in [-0.2, 0) is 16.2 Å². The zero-order valence-electron chi connectivity index (χ0n) is 34.9. The summed E-state index contributed by atoms with van der Waals surface area (Å²) in [7, 11) is 0. The molecule has 9 aromatic rings. The summed E-state index contributed by atoms with van der Waals surface area (Å²) in [6.07, 6.45) is 9.57. The highest BCUT2D eigenvalue weighted by Crippen LogP contribution is 2.44. The molecule has 6 aromatic carbocycles. The predicted octanol–water partition coefficient (Wildman–Crippen LogP) is 12.8. The second-order valence-corrected chi connectivity index (χ2v) is 17.6. The first-order valence-electron chi connectivity index (χ1n) is 20.5. The van der Waals surface area contributed by atoms with Gasteiger partial charge in [0.15, 0.2) is 0 Å². The average Bonchev–Trinajstić information content (AvgIpc) is 3.88. The fourth-order valence-corrected chi connectivity index (χ4v) is 8.39. The summed E-state index contributed by atoms with van der Waals surface area (Å²) in [5, 5.41) is 2.38. The number of para-hydroxylation sites is 1. The van der Waals surface area contributed by atoms with E-state index < -0.39 is 0 Å². The Hall–Kier alpha value is -6.72. The highest BCUT2D eigenvalue weighted by Gasteiger charge is 2.30. The molecule has 0 N–H and O–H groups in total. The topological polar surface area (TPSA) is 35.9 Å². The third-order valence-electron chi connectivity index (χ3n) is 12.0. The van der Waals surface area contributed by atoms with E-state index in [9.17, 15) is 0 Å². The first-order chi connectivity index (χ1) is 28.4. The summed E-state index contributed by atoms with van der Waals surface area (Å²) >= 11 is 0. The Morgan fingerprint density at radius 2 is 1.24 bits per heavy atom. The highest BCUT2D eigenvalue weighted by atomic mass is 16.5. The molecule has 0 radical (unpaired) electrons. The van der Waals surface area contributed by atoms with Gasteiger partial charge in [-0.25, -0.2) is 4.98 Å². The number of nitrogens with zero attached hydrogens (tertiary/aromatic N) is 4. The van der Waals surface area contributed by atoms with Crippen LogP contribution in [0.2, 0.25) is 0 Å². The molecule has 292 valence electrons. The van der Waals surface area contributed by atoms with Crippen molar-refractivity contribution in [2.75, 3.05) is 0 Å². The Morgan fingerprint density at radius 1 is 0.559 bits per heavy atom. The third-order valence-corrected chi connectivity index (χ3v) is 12.0. The van der Waals surface area contributed by atoms with Crippen molar-refractivity contribution in [3.05, 3.63) is 210 Å². The monoisotopic (exact) mass is 770 g/mol. The van der Waals surface area contributed by atoms with Gasteiger partial charge in [0, 0.05) is 46.3 Å². The number of benzene rings is 6. The van der Waals surface area contributed by atoms with Gasteiger partial charge >= 0.3 is 0 Å². The van der Waals surface area contributed by atoms with E-state index in [2.05, 4.69) is 211 Å². The Morgan fingerprint density at radius 3 is 1.98 bits per heavy atom. The molecule has 5 heteroatoms. The molecule has 0 amide bonds. The average molecular weight is 771 g/mol. The van der Waals surface area contributed by atoms with E-state index >= 15 is 0 Å². The van der Waals surface area contributed by atoms with E-state index in [4.69, 9.17) is 9.72 Å². The van der Waals surface area contributed by atoms with Crippen LogP contribution in [0.25, 0.3) is 39.0 Å². The number of rotatable bonds is 9. The maximum absolute atomic E-state index is 6.90. The fraction of sp³-hybridized carbons (Fsp3) is 0.185. The molecule has 0 atom stereocenters. The lowest BCUT2D eigenvalue weighted by Crippen LogP contribution is -2.29. The summed E-state index contributed by atoms with van der Waals surface area (Å²) in [4.78, 5) is 4.97. The number of ether oxygens (including phenoxy) is 1. The van der Waals surface area contributed by atoms with Gasteiger partial charge in [-0.05, 0) is 87.8 Å². The van der Waals surface area contributed by atoms with Crippen molar-refractivity contribution >= 4 is 21.8 Å². The van der Waals surface area contributed by atoms with Crippen LogP contribution in [0.5, 0.6) is 11.5 Å². The zero-order chi connectivity index (χ0) is 40.9. The fourth-order valence-electron chi connectivity index (χ4n) is 8.39. The van der Waals surface area contributed by atoms with Crippen LogP contribution in [0.15, 0.2) is 176 Å². The molecule has 9 rings (SSSR count). The Kier molecular flexibility index (Phi) is 9.35. The third kappa shape index (κ3) is 7.01. The van der Waals surface area contributed by atoms with Gasteiger partial charge in [-0.3, -0.25) is 13.7 Å². The first-order valence-corrected chi connectivity index (χ1v) is 20.5. The molecule has 0 saturated heterocycles. The first kappa shape index (κ1) is 37.8. The number of imidazole rings is 1. The predicted molar refractivity (Wildman–Crippen MR) is 241 cm³/mol. The molecule has 0 aliphatic carbocycles. The maximum atomic E-state index is 6.90. The van der Waals surface area contributed by atoms with Crippen LogP contribution in [0.3, 0.4) is 0 Å². The second-order valence-electron chi connectivity index (χ2n) is 17.6. The minimum Gasteiger partial charge on any atom is -0.458 e. The van der Waals surface area contributed by atoms with E-state index in [0.29, 0.717) is 0 Å². The lowest BCUT2D eigenvalue weighted by molar-refractivity contribution is -0.599. The molecule has 0 spiro atoms. The Labute approximate surface area is 347 Å². The van der Waals surface area contributed by atoms with Crippen molar-refractivity contribution in [1.82, 2.24) is 14.1 Å². The number of aromatic nitrogens is 4. The summed E-state index contributed by atoms with van der Waals surface area (Å²) in [6.45, 7) is 15.9. The zero-order valence-corrected chi connectivity index (χ0v) is 34.9. The van der Waals surface area contributed by atoms with Crippen LogP contribution in [-0.4, -0.2) is 14.1 Å². The molecule has 0 fully saturated rings. The van der Waals surface area contributed by atoms with Crippen LogP contribution in [0.4, 0.5) is 0 Å². The summed E-state index contributed by atoms with van der Waals surface area (Å²) < 4.78 is 13.3. The van der Waals surface area contributed by atoms with Crippen LogP contribution in [0.1, 0.15) is 76.3 Å². The molecule has 0 aliphatic rings. The quantitative estimate of drug-likeness (QED) is 0.108. The number of hydrogen-bond acceptors (Lipinski definition) is 2. The van der Waals surface area contributed by atoms with E-state index in [1.165, 1.54) is 38.6 Å². The molecular weight excluding hydrogens is 721 g/mol. The molecule has 0 unspecified atom stereocenters. The largest absolute Gasteiger partial charge is 0.458 e. The molecule has 5 nitrogen and oxygen atoms in total. The van der Waals surface area contributed by atoms with Gasteiger partial charge in [0.05, 0.1) is 22.4 Å². The van der Waals surface area contributed by atoms with E-state index in [-0.39, 0.29) is 16.2 Å². The number of hydrogen-bond donors (Lipinski definition) is 0. The second kappa shape index (κ2) is 14.6. The van der Waals surface area contributed by atoms with E-state index in [1.54, 1.807) is 0 Å². The minimum atomic E-state index is -0.349. The molecule has 3 heterocycles. The maximum Gasteiger partial charge on any atom is 0.268 e. The SMILES string of the molecule is CC(C)(C)c1ccnc(-n2c3ccccc3c3c(C(C)(C)c4ccccc4)cc(Oc4cccc(-n5[c-][n+](-c6cccc(C(C)(C)c7ccccc7)c6)cc5)c4)cc32)c1. The van der Waals surface area contributed by atoms with E-state index in [1.807, 2.05) is 33.7 Å².